The molecule has 3 nitrogen and oxygen atoms in total. The van der Waals surface area contributed by atoms with E-state index in [2.05, 4.69) is 12.4 Å². The van der Waals surface area contributed by atoms with Crippen molar-refractivity contribution in [2.24, 2.45) is 5.73 Å². The molecule has 18 heavy (non-hydrogen) atoms. The largest absolute Gasteiger partial charge is 0.330 e. The Bertz CT molecular complexity index is 126. The van der Waals surface area contributed by atoms with Crippen LogP contribution in [0.25, 0.3) is 0 Å². The van der Waals surface area contributed by atoms with E-state index >= 15 is 0 Å². The van der Waals surface area contributed by atoms with Crippen molar-refractivity contribution in [1.82, 2.24) is 5.48 Å². The Morgan fingerprint density at radius 3 is 1.89 bits per heavy atom. The molecule has 0 heterocycles. The van der Waals surface area contributed by atoms with Crippen molar-refractivity contribution in [3.05, 3.63) is 0 Å². The van der Waals surface area contributed by atoms with E-state index < -0.39 is 0 Å². The summed E-state index contributed by atoms with van der Waals surface area (Å²) in [4.78, 5) is 5.30. The molecule has 0 aliphatic heterocycles. The zero-order chi connectivity index (χ0) is 13.3. The summed E-state index contributed by atoms with van der Waals surface area (Å²) < 4.78 is 0. The van der Waals surface area contributed by atoms with Crippen LogP contribution in [0.4, 0.5) is 0 Å². The second kappa shape index (κ2) is 16.9. The van der Waals surface area contributed by atoms with Crippen LogP contribution in [-0.4, -0.2) is 19.7 Å². The Labute approximate surface area is 114 Å². The smallest absolute Gasteiger partial charge is 0.0682 e. The van der Waals surface area contributed by atoms with Gasteiger partial charge in [-0.1, -0.05) is 64.7 Å². The van der Waals surface area contributed by atoms with Crippen molar-refractivity contribution >= 4 is 0 Å². The molecular weight excluding hydrogens is 224 g/mol. The Morgan fingerprint density at radius 2 is 1.33 bits per heavy atom. The topological polar surface area (TPSA) is 47.3 Å². The molecule has 3 heteroatoms. The second-order valence-electron chi connectivity index (χ2n) is 5.07. The summed E-state index contributed by atoms with van der Waals surface area (Å²) in [6.07, 6.45) is 14.7. The van der Waals surface area contributed by atoms with Crippen molar-refractivity contribution in [3.63, 3.8) is 0 Å². The van der Waals surface area contributed by atoms with E-state index in [1.165, 1.54) is 64.2 Å². The van der Waals surface area contributed by atoms with E-state index in [0.29, 0.717) is 0 Å². The zero-order valence-corrected chi connectivity index (χ0v) is 12.4. The van der Waals surface area contributed by atoms with Crippen LogP contribution >= 0.6 is 0 Å². The third-order valence-corrected chi connectivity index (χ3v) is 3.18. The number of hydroxylamine groups is 1. The minimum absolute atomic E-state index is 0.731. The molecular formula is C15H34N2O. The van der Waals surface area contributed by atoms with Crippen LogP contribution in [0.1, 0.15) is 77.6 Å². The molecule has 0 rings (SSSR count). The summed E-state index contributed by atoms with van der Waals surface area (Å²) in [6.45, 7) is 4.71. The van der Waals surface area contributed by atoms with Crippen molar-refractivity contribution in [2.45, 2.75) is 77.6 Å². The van der Waals surface area contributed by atoms with Gasteiger partial charge in [0, 0.05) is 6.54 Å². The van der Waals surface area contributed by atoms with Gasteiger partial charge in [0.2, 0.25) is 0 Å². The molecule has 0 atom stereocenters. The van der Waals surface area contributed by atoms with E-state index in [9.17, 15) is 0 Å². The Kier molecular flexibility index (Phi) is 16.8. The summed E-state index contributed by atoms with van der Waals surface area (Å²) in [5, 5.41) is 0. The average Bonchev–Trinajstić information content (AvgIpc) is 2.39. The van der Waals surface area contributed by atoms with Gasteiger partial charge in [0.1, 0.15) is 0 Å². The maximum absolute atomic E-state index is 5.38. The van der Waals surface area contributed by atoms with Gasteiger partial charge in [-0.2, -0.15) is 0 Å². The van der Waals surface area contributed by atoms with Gasteiger partial charge in [-0.25, -0.2) is 5.48 Å². The third-order valence-electron chi connectivity index (χ3n) is 3.18. The van der Waals surface area contributed by atoms with E-state index in [1.54, 1.807) is 0 Å². The van der Waals surface area contributed by atoms with Crippen LogP contribution in [0.2, 0.25) is 0 Å². The molecule has 0 aliphatic carbocycles. The highest BCUT2D eigenvalue weighted by Crippen LogP contribution is 2.10. The third kappa shape index (κ3) is 15.9. The number of rotatable bonds is 15. The predicted octanol–water partition coefficient (Wildman–Crippen LogP) is 3.78. The first kappa shape index (κ1) is 17.9. The van der Waals surface area contributed by atoms with Crippen molar-refractivity contribution in [2.75, 3.05) is 19.7 Å². The van der Waals surface area contributed by atoms with Crippen molar-refractivity contribution < 1.29 is 4.84 Å². The molecule has 3 N–H and O–H groups in total. The molecule has 0 saturated carbocycles. The monoisotopic (exact) mass is 258 g/mol. The van der Waals surface area contributed by atoms with Gasteiger partial charge in [0.25, 0.3) is 0 Å². The predicted molar refractivity (Wildman–Crippen MR) is 79.5 cm³/mol. The van der Waals surface area contributed by atoms with E-state index in [-0.39, 0.29) is 0 Å². The molecule has 0 saturated heterocycles. The lowest BCUT2D eigenvalue weighted by molar-refractivity contribution is 0.0384. The first-order valence-electron chi connectivity index (χ1n) is 7.96. The molecule has 0 bridgehead atoms. The number of unbranched alkanes of at least 4 members (excludes halogenated alkanes) is 9. The second-order valence-corrected chi connectivity index (χ2v) is 5.07. The SMILES string of the molecule is CCCCCCCCCCCCONCCCN. The normalized spacial score (nSPS) is 11.0. The van der Waals surface area contributed by atoms with Crippen LogP contribution in [0, 0.1) is 0 Å². The highest BCUT2D eigenvalue weighted by Gasteiger charge is 1.93. The number of hydrogen-bond acceptors (Lipinski definition) is 3. The number of nitrogens with two attached hydrogens (primary N) is 1. The number of hydrogen-bond donors (Lipinski definition) is 2. The fraction of sp³-hybridized carbons (Fsp3) is 1.00. The van der Waals surface area contributed by atoms with Gasteiger partial charge in [0.05, 0.1) is 6.61 Å². The number of nitrogens with one attached hydrogen (secondary N) is 1. The zero-order valence-electron chi connectivity index (χ0n) is 12.4. The van der Waals surface area contributed by atoms with Gasteiger partial charge in [0.15, 0.2) is 0 Å². The summed E-state index contributed by atoms with van der Waals surface area (Å²) >= 11 is 0. The lowest BCUT2D eigenvalue weighted by atomic mass is 10.1. The van der Waals surface area contributed by atoms with E-state index in [4.69, 9.17) is 10.6 Å². The van der Waals surface area contributed by atoms with Crippen LogP contribution in [-0.2, 0) is 4.84 Å². The lowest BCUT2D eigenvalue weighted by Crippen LogP contribution is -2.19. The van der Waals surface area contributed by atoms with Crippen LogP contribution in [0.15, 0.2) is 0 Å². The van der Waals surface area contributed by atoms with E-state index in [0.717, 1.165) is 26.1 Å². The van der Waals surface area contributed by atoms with Gasteiger partial charge >= 0.3 is 0 Å². The van der Waals surface area contributed by atoms with Crippen molar-refractivity contribution in [1.29, 1.82) is 0 Å². The van der Waals surface area contributed by atoms with Crippen LogP contribution in [0.3, 0.4) is 0 Å². The first-order valence-corrected chi connectivity index (χ1v) is 7.96. The lowest BCUT2D eigenvalue weighted by Gasteiger charge is -2.05. The molecule has 0 fully saturated rings. The quantitative estimate of drug-likeness (QED) is 0.347. The minimum Gasteiger partial charge on any atom is -0.330 e. The standard InChI is InChI=1S/C15H34N2O/c1-2-3-4-5-6-7-8-9-10-11-15-18-17-14-12-13-16/h17H,2-16H2,1H3. The molecule has 0 amide bonds. The summed E-state index contributed by atoms with van der Waals surface area (Å²) in [6, 6.07) is 0. The Morgan fingerprint density at radius 1 is 0.778 bits per heavy atom. The molecule has 0 unspecified atom stereocenters. The molecule has 0 aromatic carbocycles. The first-order chi connectivity index (χ1) is 8.91. The fourth-order valence-corrected chi connectivity index (χ4v) is 1.98. The molecule has 110 valence electrons. The Balaban J connectivity index is 2.86. The van der Waals surface area contributed by atoms with Gasteiger partial charge in [-0.15, -0.1) is 0 Å². The summed E-state index contributed by atoms with van der Waals surface area (Å²) in [7, 11) is 0. The summed E-state index contributed by atoms with van der Waals surface area (Å²) in [5.74, 6) is 0. The van der Waals surface area contributed by atoms with Crippen LogP contribution < -0.4 is 11.2 Å². The van der Waals surface area contributed by atoms with E-state index in [1.807, 2.05) is 0 Å². The maximum atomic E-state index is 5.38. The van der Waals surface area contributed by atoms with Gasteiger partial charge < -0.3 is 10.6 Å². The minimum atomic E-state index is 0.731. The molecule has 0 radical (unpaired) electrons. The molecule has 0 aromatic heterocycles. The summed E-state index contributed by atoms with van der Waals surface area (Å²) in [5.41, 5.74) is 8.32. The maximum Gasteiger partial charge on any atom is 0.0682 e. The molecule has 0 aliphatic rings. The highest BCUT2D eigenvalue weighted by molar-refractivity contribution is 4.47. The Hall–Kier alpha value is -0.120. The molecule has 0 aromatic rings. The van der Waals surface area contributed by atoms with Crippen LogP contribution in [0.5, 0.6) is 0 Å². The highest BCUT2D eigenvalue weighted by atomic mass is 16.6. The van der Waals surface area contributed by atoms with Gasteiger partial charge in [-0.3, -0.25) is 0 Å². The van der Waals surface area contributed by atoms with Crippen molar-refractivity contribution in [3.8, 4) is 0 Å². The molecule has 0 spiro atoms. The average molecular weight is 258 g/mol. The fourth-order valence-electron chi connectivity index (χ4n) is 1.98. The van der Waals surface area contributed by atoms with Gasteiger partial charge in [-0.05, 0) is 19.4 Å².